The van der Waals surface area contributed by atoms with Crippen molar-refractivity contribution in [2.45, 2.75) is 19.9 Å². The van der Waals surface area contributed by atoms with Gasteiger partial charge in [-0.3, -0.25) is 4.79 Å². The quantitative estimate of drug-likeness (QED) is 0.441. The number of nitrogens with zero attached hydrogens (tertiary/aromatic N) is 2. The van der Waals surface area contributed by atoms with Gasteiger partial charge in [-0.2, -0.15) is 4.98 Å². The number of hydrogen-bond donors (Lipinski definition) is 1. The molecule has 1 heterocycles. The second-order valence-corrected chi connectivity index (χ2v) is 7.25. The van der Waals surface area contributed by atoms with Crippen LogP contribution in [0.2, 0.25) is 0 Å². The zero-order chi connectivity index (χ0) is 21.6. The molecule has 0 aliphatic heterocycles. The SMILES string of the molecule is Cc1ccccc1Oc1nc(-c2ccccc2)ncc1C(=O)NC(C)c1ccccc1. The van der Waals surface area contributed by atoms with Gasteiger partial charge in [-0.25, -0.2) is 4.98 Å². The van der Waals surface area contributed by atoms with Gasteiger partial charge in [0.1, 0.15) is 11.3 Å². The Hall–Kier alpha value is -3.99. The smallest absolute Gasteiger partial charge is 0.258 e. The summed E-state index contributed by atoms with van der Waals surface area (Å²) in [6.45, 7) is 3.89. The monoisotopic (exact) mass is 409 g/mol. The third-order valence-electron chi connectivity index (χ3n) is 4.98. The second-order valence-electron chi connectivity index (χ2n) is 7.25. The zero-order valence-electron chi connectivity index (χ0n) is 17.4. The molecule has 0 aliphatic carbocycles. The molecule has 5 heteroatoms. The number of carbonyl (C=O) groups is 1. The summed E-state index contributed by atoms with van der Waals surface area (Å²) in [5.41, 5.74) is 3.10. The topological polar surface area (TPSA) is 64.1 Å². The predicted molar refractivity (Wildman–Crippen MR) is 121 cm³/mol. The van der Waals surface area contributed by atoms with E-state index in [4.69, 9.17) is 4.74 Å². The summed E-state index contributed by atoms with van der Waals surface area (Å²) in [7, 11) is 0. The van der Waals surface area contributed by atoms with Gasteiger partial charge in [-0.15, -0.1) is 0 Å². The van der Waals surface area contributed by atoms with E-state index in [-0.39, 0.29) is 23.4 Å². The van der Waals surface area contributed by atoms with Gasteiger partial charge in [0.2, 0.25) is 5.88 Å². The van der Waals surface area contributed by atoms with Crippen LogP contribution in [0.4, 0.5) is 0 Å². The van der Waals surface area contributed by atoms with Crippen LogP contribution in [0.3, 0.4) is 0 Å². The molecule has 1 aromatic heterocycles. The number of hydrogen-bond acceptors (Lipinski definition) is 4. The second kappa shape index (κ2) is 9.22. The molecular formula is C26H23N3O2. The van der Waals surface area contributed by atoms with Crippen LogP contribution in [0.1, 0.15) is 34.5 Å². The van der Waals surface area contributed by atoms with Gasteiger partial charge in [0.05, 0.1) is 6.04 Å². The average Bonchev–Trinajstić information content (AvgIpc) is 2.81. The van der Waals surface area contributed by atoms with E-state index < -0.39 is 0 Å². The molecule has 0 aliphatic rings. The standard InChI is InChI=1S/C26H23N3O2/c1-18-11-9-10-16-23(18)31-26-22(17-27-24(29-26)21-14-7-4-8-15-21)25(30)28-19(2)20-12-5-3-6-13-20/h3-17,19H,1-2H3,(H,28,30). The third kappa shape index (κ3) is 4.78. The number of benzene rings is 3. The molecule has 1 unspecified atom stereocenters. The first-order chi connectivity index (χ1) is 15.1. The van der Waals surface area contributed by atoms with Crippen molar-refractivity contribution in [3.8, 4) is 23.0 Å². The Labute approximate surface area is 181 Å². The molecule has 0 fully saturated rings. The van der Waals surface area contributed by atoms with Gasteiger partial charge >= 0.3 is 0 Å². The van der Waals surface area contributed by atoms with E-state index in [0.717, 1.165) is 16.7 Å². The molecule has 4 aromatic rings. The fraction of sp³-hybridized carbons (Fsp3) is 0.115. The molecule has 0 saturated heterocycles. The van der Waals surface area contributed by atoms with E-state index in [2.05, 4.69) is 15.3 Å². The van der Waals surface area contributed by atoms with Crippen LogP contribution in [0.25, 0.3) is 11.4 Å². The van der Waals surface area contributed by atoms with E-state index in [1.165, 1.54) is 6.20 Å². The molecular weight excluding hydrogens is 386 g/mol. The van der Waals surface area contributed by atoms with Crippen LogP contribution in [0.5, 0.6) is 11.6 Å². The van der Waals surface area contributed by atoms with Gasteiger partial charge in [0.25, 0.3) is 5.91 Å². The lowest BCUT2D eigenvalue weighted by Crippen LogP contribution is -2.27. The lowest BCUT2D eigenvalue weighted by Gasteiger charge is -2.16. The molecule has 1 atom stereocenters. The summed E-state index contributed by atoms with van der Waals surface area (Å²) in [5, 5.41) is 3.01. The summed E-state index contributed by atoms with van der Waals surface area (Å²) in [6, 6.07) is 26.9. The highest BCUT2D eigenvalue weighted by atomic mass is 16.5. The fourth-order valence-corrected chi connectivity index (χ4v) is 3.20. The first-order valence-corrected chi connectivity index (χ1v) is 10.1. The van der Waals surface area contributed by atoms with Crippen LogP contribution in [-0.4, -0.2) is 15.9 Å². The van der Waals surface area contributed by atoms with E-state index >= 15 is 0 Å². The molecule has 0 saturated carbocycles. The van der Waals surface area contributed by atoms with Crippen molar-refractivity contribution in [1.29, 1.82) is 0 Å². The molecule has 5 nitrogen and oxygen atoms in total. The van der Waals surface area contributed by atoms with Gasteiger partial charge in [0, 0.05) is 11.8 Å². The summed E-state index contributed by atoms with van der Waals surface area (Å²) < 4.78 is 6.10. The Bertz CT molecular complexity index is 1180. The third-order valence-corrected chi connectivity index (χ3v) is 4.98. The summed E-state index contributed by atoms with van der Waals surface area (Å²) >= 11 is 0. The Morgan fingerprint density at radius 2 is 1.55 bits per heavy atom. The van der Waals surface area contributed by atoms with Crippen LogP contribution >= 0.6 is 0 Å². The Morgan fingerprint density at radius 1 is 0.903 bits per heavy atom. The number of aryl methyl sites for hydroxylation is 1. The van der Waals surface area contributed by atoms with Crippen molar-refractivity contribution in [2.75, 3.05) is 0 Å². The van der Waals surface area contributed by atoms with E-state index in [1.54, 1.807) is 0 Å². The first kappa shape index (κ1) is 20.3. The lowest BCUT2D eigenvalue weighted by atomic mass is 10.1. The lowest BCUT2D eigenvalue weighted by molar-refractivity contribution is 0.0936. The van der Waals surface area contributed by atoms with Gasteiger partial charge in [-0.05, 0) is 31.0 Å². The largest absolute Gasteiger partial charge is 0.438 e. The average molecular weight is 409 g/mol. The fourth-order valence-electron chi connectivity index (χ4n) is 3.20. The van der Waals surface area contributed by atoms with Crippen molar-refractivity contribution >= 4 is 5.91 Å². The van der Waals surface area contributed by atoms with Gasteiger partial charge in [0.15, 0.2) is 5.82 Å². The van der Waals surface area contributed by atoms with Gasteiger partial charge < -0.3 is 10.1 Å². The number of para-hydroxylation sites is 1. The van der Waals surface area contributed by atoms with Crippen molar-refractivity contribution in [3.63, 3.8) is 0 Å². The minimum atomic E-state index is -0.292. The van der Waals surface area contributed by atoms with Crippen molar-refractivity contribution in [2.24, 2.45) is 0 Å². The molecule has 0 radical (unpaired) electrons. The van der Waals surface area contributed by atoms with Crippen LogP contribution < -0.4 is 10.1 Å². The molecule has 0 bridgehead atoms. The number of carbonyl (C=O) groups excluding carboxylic acids is 1. The number of aromatic nitrogens is 2. The van der Waals surface area contributed by atoms with E-state index in [0.29, 0.717) is 11.6 Å². The molecule has 1 N–H and O–H groups in total. The van der Waals surface area contributed by atoms with Crippen LogP contribution in [0.15, 0.2) is 91.1 Å². The predicted octanol–water partition coefficient (Wildman–Crippen LogP) is 5.74. The zero-order valence-corrected chi connectivity index (χ0v) is 17.4. The van der Waals surface area contributed by atoms with Crippen molar-refractivity contribution < 1.29 is 9.53 Å². The molecule has 3 aromatic carbocycles. The van der Waals surface area contributed by atoms with Gasteiger partial charge in [-0.1, -0.05) is 78.9 Å². The minimum absolute atomic E-state index is 0.172. The molecule has 4 rings (SSSR count). The van der Waals surface area contributed by atoms with Crippen LogP contribution in [0, 0.1) is 6.92 Å². The Kier molecular flexibility index (Phi) is 6.03. The number of amides is 1. The molecule has 0 spiro atoms. The number of ether oxygens (including phenoxy) is 1. The minimum Gasteiger partial charge on any atom is -0.438 e. The maximum Gasteiger partial charge on any atom is 0.258 e. The number of nitrogens with one attached hydrogen (secondary N) is 1. The summed E-state index contributed by atoms with van der Waals surface area (Å²) in [6.07, 6.45) is 1.52. The normalized spacial score (nSPS) is 11.5. The maximum atomic E-state index is 13.1. The van der Waals surface area contributed by atoms with E-state index in [1.807, 2.05) is 98.8 Å². The maximum absolute atomic E-state index is 13.1. The summed E-state index contributed by atoms with van der Waals surface area (Å²) in [5.74, 6) is 1.07. The molecule has 1 amide bonds. The van der Waals surface area contributed by atoms with Crippen molar-refractivity contribution in [3.05, 3.63) is 108 Å². The van der Waals surface area contributed by atoms with Crippen LogP contribution in [-0.2, 0) is 0 Å². The highest BCUT2D eigenvalue weighted by molar-refractivity contribution is 5.96. The van der Waals surface area contributed by atoms with Crippen molar-refractivity contribution in [1.82, 2.24) is 15.3 Å². The van der Waals surface area contributed by atoms with E-state index in [9.17, 15) is 4.79 Å². The molecule has 31 heavy (non-hydrogen) atoms. The Balaban J connectivity index is 1.68. The summed E-state index contributed by atoms with van der Waals surface area (Å²) in [4.78, 5) is 22.1. The first-order valence-electron chi connectivity index (χ1n) is 10.1. The highest BCUT2D eigenvalue weighted by Gasteiger charge is 2.20. The molecule has 154 valence electrons. The Morgan fingerprint density at radius 3 is 2.26 bits per heavy atom. The number of rotatable bonds is 6. The highest BCUT2D eigenvalue weighted by Crippen LogP contribution is 2.28.